The van der Waals surface area contributed by atoms with Crippen molar-refractivity contribution in [3.8, 4) is 50.3 Å². The zero-order valence-electron chi connectivity index (χ0n) is 31.5. The van der Waals surface area contributed by atoms with E-state index in [1.165, 1.54) is 32.7 Å². The fourth-order valence-electron chi connectivity index (χ4n) is 7.12. The number of nitrogens with zero attached hydrogens (tertiary/aromatic N) is 3. The highest BCUT2D eigenvalue weighted by atomic mass is 15.1. The monoisotopic (exact) mass is 632 g/mol. The maximum Gasteiger partial charge on any atom is 0.114 e. The minimum atomic E-state index is -2.89. The summed E-state index contributed by atoms with van der Waals surface area (Å²) in [7, 11) is 0. The van der Waals surface area contributed by atoms with Crippen molar-refractivity contribution in [2.45, 2.75) is 13.2 Å². The third-order valence-corrected chi connectivity index (χ3v) is 9.35. The first-order valence-electron chi connectivity index (χ1n) is 18.8. The average Bonchev–Trinajstić information content (AvgIpc) is 3.61. The standard InChI is InChI=1S/C46H33N3/c1-2-44-48-42-19-7-8-20-43(42)49(44)36-27-25-32(26-28-36)31-21-23-33(24-22-31)45-37-14-3-5-16-39(37)46(40-17-6-4-15-38(40)45)35-13-11-12-34(30-35)41-18-9-10-29-47-41/h3-30H,2H2,1H3/i1D3,2D2. The molecule has 0 aliphatic carbocycles. The van der Waals surface area contributed by atoms with Gasteiger partial charge in [0.15, 0.2) is 0 Å². The van der Waals surface area contributed by atoms with Crippen LogP contribution in [0.4, 0.5) is 0 Å². The topological polar surface area (TPSA) is 30.7 Å². The van der Waals surface area contributed by atoms with Gasteiger partial charge in [-0.25, -0.2) is 4.98 Å². The van der Waals surface area contributed by atoms with E-state index in [-0.39, 0.29) is 5.82 Å². The van der Waals surface area contributed by atoms with E-state index >= 15 is 0 Å². The van der Waals surface area contributed by atoms with Gasteiger partial charge < -0.3 is 0 Å². The van der Waals surface area contributed by atoms with Crippen LogP contribution in [0.3, 0.4) is 0 Å². The predicted molar refractivity (Wildman–Crippen MR) is 205 cm³/mol. The van der Waals surface area contributed by atoms with Crippen molar-refractivity contribution < 1.29 is 6.85 Å². The lowest BCUT2D eigenvalue weighted by Crippen LogP contribution is -1.99. The summed E-state index contributed by atoms with van der Waals surface area (Å²) in [6, 6.07) is 55.4. The Labute approximate surface area is 292 Å². The summed E-state index contributed by atoms with van der Waals surface area (Å²) in [4.78, 5) is 9.06. The van der Waals surface area contributed by atoms with Gasteiger partial charge in [0, 0.05) is 30.7 Å². The molecule has 2 aromatic heterocycles. The fourth-order valence-corrected chi connectivity index (χ4v) is 7.12. The minimum absolute atomic E-state index is 0.146. The van der Waals surface area contributed by atoms with Gasteiger partial charge >= 0.3 is 0 Å². The smallest absolute Gasteiger partial charge is 0.114 e. The summed E-state index contributed by atoms with van der Waals surface area (Å²) < 4.78 is 42.4. The lowest BCUT2D eigenvalue weighted by Gasteiger charge is -2.18. The molecule has 0 amide bonds. The molecule has 0 spiro atoms. The van der Waals surface area contributed by atoms with E-state index in [1.54, 1.807) is 10.6 Å². The van der Waals surface area contributed by atoms with Gasteiger partial charge in [-0.15, -0.1) is 0 Å². The quantitative estimate of drug-likeness (QED) is 0.171. The Morgan fingerprint density at radius 1 is 0.531 bits per heavy atom. The Morgan fingerprint density at radius 3 is 1.76 bits per heavy atom. The van der Waals surface area contributed by atoms with Crippen LogP contribution in [-0.4, -0.2) is 14.5 Å². The Bertz CT molecular complexity index is 2770. The van der Waals surface area contributed by atoms with Crippen LogP contribution in [0.1, 0.15) is 19.5 Å². The Morgan fingerprint density at radius 2 is 1.10 bits per heavy atom. The average molecular weight is 633 g/mol. The van der Waals surface area contributed by atoms with E-state index in [4.69, 9.17) is 6.85 Å². The van der Waals surface area contributed by atoms with E-state index < -0.39 is 13.2 Å². The first kappa shape index (κ1) is 23.9. The number of aryl methyl sites for hydroxylation is 1. The van der Waals surface area contributed by atoms with Crippen LogP contribution in [0.2, 0.25) is 0 Å². The zero-order chi connectivity index (χ0) is 37.0. The summed E-state index contributed by atoms with van der Waals surface area (Å²) in [5.41, 5.74) is 10.4. The van der Waals surface area contributed by atoms with Crippen molar-refractivity contribution in [1.82, 2.24) is 14.5 Å². The molecular formula is C46H33N3. The number of hydrogen-bond donors (Lipinski definition) is 0. The van der Waals surface area contributed by atoms with Gasteiger partial charge in [-0.2, -0.15) is 0 Å². The molecule has 0 bridgehead atoms. The number of rotatable bonds is 6. The van der Waals surface area contributed by atoms with Crippen LogP contribution >= 0.6 is 0 Å². The fraction of sp³-hybridized carbons (Fsp3) is 0.0435. The predicted octanol–water partition coefficient (Wildman–Crippen LogP) is 12.0. The van der Waals surface area contributed by atoms with Gasteiger partial charge in [-0.1, -0.05) is 128 Å². The van der Waals surface area contributed by atoms with E-state index in [0.717, 1.165) is 33.5 Å². The lowest BCUT2D eigenvalue weighted by atomic mass is 9.85. The first-order chi connectivity index (χ1) is 26.2. The molecule has 0 aliphatic heterocycles. The van der Waals surface area contributed by atoms with E-state index in [9.17, 15) is 0 Å². The molecule has 0 saturated carbocycles. The second-order valence-corrected chi connectivity index (χ2v) is 12.1. The molecule has 2 heterocycles. The molecule has 9 rings (SSSR count). The van der Waals surface area contributed by atoms with Crippen LogP contribution in [0.5, 0.6) is 0 Å². The van der Waals surface area contributed by atoms with Gasteiger partial charge in [0.25, 0.3) is 0 Å². The second-order valence-electron chi connectivity index (χ2n) is 12.1. The maximum absolute atomic E-state index is 8.52. The Balaban J connectivity index is 1.12. The molecule has 232 valence electrons. The second kappa shape index (κ2) is 12.0. The van der Waals surface area contributed by atoms with Gasteiger partial charge in [0.1, 0.15) is 5.82 Å². The van der Waals surface area contributed by atoms with Gasteiger partial charge in [0.05, 0.1) is 16.7 Å². The minimum Gasteiger partial charge on any atom is -0.296 e. The number of benzene rings is 7. The first-order valence-corrected chi connectivity index (χ1v) is 16.3. The number of pyridine rings is 1. The van der Waals surface area contributed by atoms with Gasteiger partial charge in [-0.05, 0) is 97.4 Å². The molecular weight excluding hydrogens is 595 g/mol. The van der Waals surface area contributed by atoms with Crippen molar-refractivity contribution >= 4 is 32.6 Å². The summed E-state index contributed by atoms with van der Waals surface area (Å²) in [5, 5.41) is 4.70. The van der Waals surface area contributed by atoms with Crippen LogP contribution in [0.25, 0.3) is 82.9 Å². The largest absolute Gasteiger partial charge is 0.296 e. The van der Waals surface area contributed by atoms with Gasteiger partial charge in [-0.3, -0.25) is 9.55 Å². The molecule has 3 nitrogen and oxygen atoms in total. The number of aromatic nitrogens is 3. The molecule has 0 fully saturated rings. The molecule has 0 aliphatic rings. The van der Waals surface area contributed by atoms with Crippen molar-refractivity contribution in [3.05, 3.63) is 176 Å². The molecule has 49 heavy (non-hydrogen) atoms. The lowest BCUT2D eigenvalue weighted by molar-refractivity contribution is 0.908. The molecule has 0 unspecified atom stereocenters. The number of imidazole rings is 1. The van der Waals surface area contributed by atoms with Crippen molar-refractivity contribution in [2.75, 3.05) is 0 Å². The molecule has 0 radical (unpaired) electrons. The number of hydrogen-bond acceptors (Lipinski definition) is 2. The highest BCUT2D eigenvalue weighted by molar-refractivity contribution is 6.21. The van der Waals surface area contributed by atoms with E-state index in [1.807, 2.05) is 66.9 Å². The van der Waals surface area contributed by atoms with E-state index in [2.05, 4.69) is 107 Å². The third-order valence-electron chi connectivity index (χ3n) is 9.35. The summed E-state index contributed by atoms with van der Waals surface area (Å²) in [5.74, 6) is -0.146. The van der Waals surface area contributed by atoms with Gasteiger partial charge in [0.2, 0.25) is 0 Å². The van der Waals surface area contributed by atoms with Crippen LogP contribution in [0, 0.1) is 0 Å². The van der Waals surface area contributed by atoms with Crippen LogP contribution in [-0.2, 0) is 6.37 Å². The van der Waals surface area contributed by atoms with Crippen molar-refractivity contribution in [3.63, 3.8) is 0 Å². The maximum atomic E-state index is 8.52. The van der Waals surface area contributed by atoms with Crippen LogP contribution in [0.15, 0.2) is 170 Å². The molecule has 9 aromatic rings. The summed E-state index contributed by atoms with van der Waals surface area (Å²) >= 11 is 0. The zero-order valence-corrected chi connectivity index (χ0v) is 26.5. The summed E-state index contributed by atoms with van der Waals surface area (Å²) in [6.45, 7) is -2.89. The molecule has 0 N–H and O–H groups in total. The molecule has 3 heteroatoms. The molecule has 0 saturated heterocycles. The van der Waals surface area contributed by atoms with Crippen LogP contribution < -0.4 is 0 Å². The van der Waals surface area contributed by atoms with Crippen molar-refractivity contribution in [2.24, 2.45) is 0 Å². The Kier molecular flexibility index (Phi) is 5.88. The normalized spacial score (nSPS) is 13.5. The Hall–Kier alpha value is -6.32. The SMILES string of the molecule is [2H]C([2H])([2H])C([2H])([2H])c1nc2ccccc2n1-c1ccc(-c2ccc(-c3c4ccccc4c(-c4cccc(-c5ccccn5)c4)c4ccccc34)cc2)cc1. The molecule has 7 aromatic carbocycles. The van der Waals surface area contributed by atoms with E-state index in [0.29, 0.717) is 16.7 Å². The van der Waals surface area contributed by atoms with Crippen molar-refractivity contribution in [1.29, 1.82) is 0 Å². The highest BCUT2D eigenvalue weighted by Gasteiger charge is 2.17. The third kappa shape index (κ3) is 4.99. The molecule has 0 atom stereocenters. The number of fused-ring (bicyclic) bond motifs is 3. The summed E-state index contributed by atoms with van der Waals surface area (Å²) in [6.07, 6.45) is -0.829. The number of para-hydroxylation sites is 2. The highest BCUT2D eigenvalue weighted by Crippen LogP contribution is 2.44.